The third-order valence-electron chi connectivity index (χ3n) is 5.65. The fraction of sp³-hybridized carbons (Fsp3) is 0.636. The van der Waals surface area contributed by atoms with Crippen LogP contribution in [-0.2, 0) is 9.59 Å². The summed E-state index contributed by atoms with van der Waals surface area (Å²) in [7, 11) is 0. The summed E-state index contributed by atoms with van der Waals surface area (Å²) in [5.74, 6) is -0.106. The number of nitrogens with zero attached hydrogens (tertiary/aromatic N) is 2. The van der Waals surface area contributed by atoms with E-state index >= 15 is 0 Å². The predicted octanol–water partition coefficient (Wildman–Crippen LogP) is 3.37. The lowest BCUT2D eigenvalue weighted by Gasteiger charge is -2.39. The van der Waals surface area contributed by atoms with Gasteiger partial charge in [-0.05, 0) is 55.9 Å². The van der Waals surface area contributed by atoms with Crippen LogP contribution in [0, 0.1) is 23.6 Å². The van der Waals surface area contributed by atoms with Crippen LogP contribution >= 0.6 is 0 Å². The van der Waals surface area contributed by atoms with Crippen LogP contribution in [-0.4, -0.2) is 54.3 Å². The second-order valence-corrected chi connectivity index (χ2v) is 8.62. The number of anilines is 1. The third-order valence-corrected chi connectivity index (χ3v) is 5.65. The van der Waals surface area contributed by atoms with Gasteiger partial charge in [0.1, 0.15) is 5.82 Å². The van der Waals surface area contributed by atoms with Crippen molar-refractivity contribution in [3.05, 3.63) is 30.1 Å². The highest BCUT2D eigenvalue weighted by Gasteiger charge is 2.37. The van der Waals surface area contributed by atoms with Gasteiger partial charge in [0.05, 0.1) is 11.8 Å². The highest BCUT2D eigenvalue weighted by Crippen LogP contribution is 2.27. The average molecular weight is 390 g/mol. The molecule has 1 aromatic rings. The molecular weight excluding hydrogens is 357 g/mol. The fourth-order valence-electron chi connectivity index (χ4n) is 4.37. The molecule has 2 amide bonds. The summed E-state index contributed by atoms with van der Waals surface area (Å²) in [5, 5.41) is 2.89. The third kappa shape index (κ3) is 5.53. The maximum Gasteiger partial charge on any atom is 0.228 e. The number of amides is 2. The summed E-state index contributed by atoms with van der Waals surface area (Å²) in [4.78, 5) is 30.2. The van der Waals surface area contributed by atoms with Crippen molar-refractivity contribution in [1.82, 2.24) is 9.80 Å². The molecule has 1 aromatic carbocycles. The molecule has 5 nitrogen and oxygen atoms in total. The summed E-state index contributed by atoms with van der Waals surface area (Å²) in [6, 6.07) is 5.81. The molecule has 6 heteroatoms. The van der Waals surface area contributed by atoms with Crippen molar-refractivity contribution in [2.75, 3.05) is 38.0 Å². The van der Waals surface area contributed by atoms with Gasteiger partial charge >= 0.3 is 0 Å². The maximum absolute atomic E-state index is 13.1. The molecule has 0 unspecified atom stereocenters. The van der Waals surface area contributed by atoms with Crippen molar-refractivity contribution in [2.24, 2.45) is 17.8 Å². The van der Waals surface area contributed by atoms with E-state index in [0.717, 1.165) is 39.0 Å². The maximum atomic E-state index is 13.1. The Balaban J connectivity index is 1.68. The van der Waals surface area contributed by atoms with Crippen LogP contribution in [0.5, 0.6) is 0 Å². The molecule has 0 saturated carbocycles. The van der Waals surface area contributed by atoms with Gasteiger partial charge in [0.25, 0.3) is 0 Å². The summed E-state index contributed by atoms with van der Waals surface area (Å²) in [6.07, 6.45) is 3.92. The fourth-order valence-corrected chi connectivity index (χ4v) is 4.37. The normalized spacial score (nSPS) is 23.6. The molecule has 28 heavy (non-hydrogen) atoms. The Bertz CT molecular complexity index is 671. The van der Waals surface area contributed by atoms with Gasteiger partial charge in [-0.1, -0.05) is 13.8 Å². The molecule has 3 rings (SSSR count). The molecule has 2 fully saturated rings. The number of nitrogens with one attached hydrogen (secondary N) is 1. The van der Waals surface area contributed by atoms with Gasteiger partial charge in [-0.2, -0.15) is 0 Å². The Morgan fingerprint density at radius 2 is 1.71 bits per heavy atom. The molecule has 2 aliphatic rings. The molecule has 2 aliphatic heterocycles. The predicted molar refractivity (Wildman–Crippen MR) is 108 cm³/mol. The first-order valence-electron chi connectivity index (χ1n) is 10.5. The molecule has 154 valence electrons. The monoisotopic (exact) mass is 389 g/mol. The average Bonchev–Trinajstić information content (AvgIpc) is 2.69. The molecule has 0 aromatic heterocycles. The van der Waals surface area contributed by atoms with E-state index in [1.807, 2.05) is 4.90 Å². The van der Waals surface area contributed by atoms with Crippen LogP contribution in [0.1, 0.15) is 39.5 Å². The Hall–Kier alpha value is -1.95. The summed E-state index contributed by atoms with van der Waals surface area (Å²) in [5.41, 5.74) is 0.589. The highest BCUT2D eigenvalue weighted by atomic mass is 19.1. The molecule has 2 atom stereocenters. The second-order valence-electron chi connectivity index (χ2n) is 8.62. The van der Waals surface area contributed by atoms with E-state index in [-0.39, 0.29) is 29.5 Å². The summed E-state index contributed by atoms with van der Waals surface area (Å²) >= 11 is 0. The minimum Gasteiger partial charge on any atom is -0.342 e. The number of rotatable bonds is 5. The zero-order chi connectivity index (χ0) is 20.1. The van der Waals surface area contributed by atoms with Gasteiger partial charge in [0, 0.05) is 38.4 Å². The number of halogens is 1. The SMILES string of the molecule is CC(C)CN1C[C@H](C(=O)Nc2ccc(F)cc2)C[C@H](C(=O)N2CCCCC2)C1. The lowest BCUT2D eigenvalue weighted by Crippen LogP contribution is -2.51. The van der Waals surface area contributed by atoms with Gasteiger partial charge in [-0.15, -0.1) is 0 Å². The largest absolute Gasteiger partial charge is 0.342 e. The Morgan fingerprint density at radius 1 is 1.07 bits per heavy atom. The molecule has 2 heterocycles. The van der Waals surface area contributed by atoms with Crippen molar-refractivity contribution in [1.29, 1.82) is 0 Å². The zero-order valence-electron chi connectivity index (χ0n) is 17.0. The number of benzene rings is 1. The van der Waals surface area contributed by atoms with Gasteiger partial charge in [0.2, 0.25) is 11.8 Å². The topological polar surface area (TPSA) is 52.7 Å². The second kappa shape index (κ2) is 9.50. The van der Waals surface area contributed by atoms with E-state index in [0.29, 0.717) is 24.6 Å². The Kier molecular flexibility index (Phi) is 7.05. The summed E-state index contributed by atoms with van der Waals surface area (Å²) < 4.78 is 13.1. The van der Waals surface area contributed by atoms with Crippen molar-refractivity contribution in [2.45, 2.75) is 39.5 Å². The zero-order valence-corrected chi connectivity index (χ0v) is 17.0. The van der Waals surface area contributed by atoms with Gasteiger partial charge in [-0.25, -0.2) is 4.39 Å². The van der Waals surface area contributed by atoms with E-state index in [1.54, 1.807) is 12.1 Å². The highest BCUT2D eigenvalue weighted by molar-refractivity contribution is 5.93. The van der Waals surface area contributed by atoms with E-state index in [2.05, 4.69) is 24.1 Å². The molecule has 0 bridgehead atoms. The smallest absolute Gasteiger partial charge is 0.228 e. The first-order valence-corrected chi connectivity index (χ1v) is 10.5. The van der Waals surface area contributed by atoms with Crippen LogP contribution in [0.15, 0.2) is 24.3 Å². The number of carbonyl (C=O) groups excluding carboxylic acids is 2. The van der Waals surface area contributed by atoms with Crippen molar-refractivity contribution >= 4 is 17.5 Å². The number of piperidine rings is 2. The van der Waals surface area contributed by atoms with Crippen LogP contribution < -0.4 is 5.32 Å². The molecule has 2 saturated heterocycles. The number of hydrogen-bond acceptors (Lipinski definition) is 3. The van der Waals surface area contributed by atoms with Gasteiger partial charge < -0.3 is 15.1 Å². The minimum atomic E-state index is -0.328. The number of carbonyl (C=O) groups is 2. The minimum absolute atomic E-state index is 0.0866. The quantitative estimate of drug-likeness (QED) is 0.840. The summed E-state index contributed by atoms with van der Waals surface area (Å²) in [6.45, 7) is 8.26. The van der Waals surface area contributed by atoms with Crippen LogP contribution in [0.3, 0.4) is 0 Å². The van der Waals surface area contributed by atoms with Gasteiger partial charge in [-0.3, -0.25) is 9.59 Å². The van der Waals surface area contributed by atoms with Crippen LogP contribution in [0.25, 0.3) is 0 Å². The van der Waals surface area contributed by atoms with Crippen molar-refractivity contribution in [3.63, 3.8) is 0 Å². The number of likely N-dealkylation sites (tertiary alicyclic amines) is 2. The first kappa shape index (κ1) is 20.8. The number of hydrogen-bond donors (Lipinski definition) is 1. The molecular formula is C22H32FN3O2. The van der Waals surface area contributed by atoms with Gasteiger partial charge in [0.15, 0.2) is 0 Å². The molecule has 0 aliphatic carbocycles. The van der Waals surface area contributed by atoms with E-state index in [4.69, 9.17) is 0 Å². The first-order chi connectivity index (χ1) is 13.4. The lowest BCUT2D eigenvalue weighted by molar-refractivity contribution is -0.140. The standard InChI is InChI=1S/C22H32FN3O2/c1-16(2)13-25-14-17(21(27)24-20-8-6-19(23)7-9-20)12-18(15-25)22(28)26-10-4-3-5-11-26/h6-9,16-18H,3-5,10-15H2,1-2H3,(H,24,27)/t17-,18+/m1/s1. The van der Waals surface area contributed by atoms with Crippen molar-refractivity contribution < 1.29 is 14.0 Å². The molecule has 1 N–H and O–H groups in total. The molecule has 0 spiro atoms. The Labute approximate surface area is 167 Å². The molecule has 0 radical (unpaired) electrons. The lowest BCUT2D eigenvalue weighted by atomic mass is 9.86. The van der Waals surface area contributed by atoms with E-state index in [9.17, 15) is 14.0 Å². The van der Waals surface area contributed by atoms with Crippen LogP contribution in [0.2, 0.25) is 0 Å². The van der Waals surface area contributed by atoms with Crippen molar-refractivity contribution in [3.8, 4) is 0 Å². The Morgan fingerprint density at radius 3 is 2.36 bits per heavy atom. The van der Waals surface area contributed by atoms with E-state index < -0.39 is 0 Å². The van der Waals surface area contributed by atoms with E-state index in [1.165, 1.54) is 18.6 Å². The van der Waals surface area contributed by atoms with Crippen LogP contribution in [0.4, 0.5) is 10.1 Å².